The molecule has 2 aromatic carbocycles. The summed E-state index contributed by atoms with van der Waals surface area (Å²) in [6.45, 7) is 0. The van der Waals surface area contributed by atoms with Crippen molar-refractivity contribution in [3.63, 3.8) is 0 Å². The van der Waals surface area contributed by atoms with Crippen molar-refractivity contribution < 1.29 is 22.3 Å². The summed E-state index contributed by atoms with van der Waals surface area (Å²) in [5.41, 5.74) is 1.19. The van der Waals surface area contributed by atoms with E-state index < -0.39 is 10.0 Å². The quantitative estimate of drug-likeness (QED) is 0.547. The van der Waals surface area contributed by atoms with Crippen LogP contribution in [0.5, 0.6) is 5.75 Å². The van der Waals surface area contributed by atoms with E-state index in [0.717, 1.165) is 35.7 Å². The fourth-order valence-electron chi connectivity index (χ4n) is 4.94. The third kappa shape index (κ3) is 5.32. The molecule has 0 saturated carbocycles. The van der Waals surface area contributed by atoms with Crippen LogP contribution in [0.3, 0.4) is 0 Å². The Bertz CT molecular complexity index is 1220. The Kier molecular flexibility index (Phi) is 7.40. The van der Waals surface area contributed by atoms with Crippen molar-refractivity contribution in [1.29, 1.82) is 0 Å². The van der Waals surface area contributed by atoms with Crippen LogP contribution in [-0.4, -0.2) is 62.9 Å². The number of carbonyl (C=O) groups excluding carboxylic acids is 1. The lowest BCUT2D eigenvalue weighted by Gasteiger charge is -2.39. The number of carbonyl (C=O) groups is 1. The van der Waals surface area contributed by atoms with Crippen LogP contribution in [0.25, 0.3) is 6.08 Å². The average Bonchev–Trinajstić information content (AvgIpc) is 3.09. The molecular formula is C25H29ClFN3O4S. The lowest BCUT2D eigenvalue weighted by molar-refractivity contribution is -0.130. The molecule has 2 saturated heterocycles. The number of amides is 1. The first-order valence-corrected chi connectivity index (χ1v) is 13.2. The molecule has 2 heterocycles. The summed E-state index contributed by atoms with van der Waals surface area (Å²) in [6.07, 6.45) is 6.36. The largest absolute Gasteiger partial charge is 0.495 e. The molecule has 2 bridgehead atoms. The van der Waals surface area contributed by atoms with E-state index in [2.05, 4.69) is 5.32 Å². The van der Waals surface area contributed by atoms with E-state index >= 15 is 0 Å². The first-order valence-electron chi connectivity index (χ1n) is 11.4. The fraction of sp³-hybridized carbons (Fsp3) is 0.400. The van der Waals surface area contributed by atoms with Crippen LogP contribution in [0.1, 0.15) is 31.2 Å². The Morgan fingerprint density at radius 1 is 1.17 bits per heavy atom. The van der Waals surface area contributed by atoms with Crippen molar-refractivity contribution in [1.82, 2.24) is 9.21 Å². The zero-order valence-corrected chi connectivity index (χ0v) is 21.4. The minimum atomic E-state index is -3.79. The predicted molar refractivity (Wildman–Crippen MR) is 135 cm³/mol. The molecule has 7 nitrogen and oxygen atoms in total. The van der Waals surface area contributed by atoms with E-state index in [4.69, 9.17) is 16.3 Å². The number of piperidine rings is 1. The number of sulfonamides is 1. The highest BCUT2D eigenvalue weighted by Crippen LogP contribution is 2.37. The van der Waals surface area contributed by atoms with E-state index in [9.17, 15) is 17.6 Å². The summed E-state index contributed by atoms with van der Waals surface area (Å²) in [5, 5.41) is 3.63. The molecule has 10 heteroatoms. The molecule has 3 atom stereocenters. The van der Waals surface area contributed by atoms with Crippen LogP contribution in [-0.2, 0) is 14.8 Å². The first-order chi connectivity index (χ1) is 16.6. The van der Waals surface area contributed by atoms with Crippen LogP contribution >= 0.6 is 11.6 Å². The van der Waals surface area contributed by atoms with Gasteiger partial charge in [0.15, 0.2) is 0 Å². The number of ether oxygens (including phenoxy) is 1. The second-order valence-corrected chi connectivity index (χ2v) is 11.6. The number of hydrogen-bond acceptors (Lipinski definition) is 5. The molecule has 0 aliphatic carbocycles. The van der Waals surface area contributed by atoms with Gasteiger partial charge >= 0.3 is 0 Å². The molecule has 35 heavy (non-hydrogen) atoms. The predicted octanol–water partition coefficient (Wildman–Crippen LogP) is 4.39. The highest BCUT2D eigenvalue weighted by molar-refractivity contribution is 7.89. The second kappa shape index (κ2) is 10.2. The summed E-state index contributed by atoms with van der Waals surface area (Å²) >= 11 is 6.19. The van der Waals surface area contributed by atoms with E-state index in [1.807, 2.05) is 4.90 Å². The number of halogens is 2. The molecule has 2 aromatic rings. The van der Waals surface area contributed by atoms with Crippen molar-refractivity contribution in [2.24, 2.45) is 0 Å². The number of rotatable bonds is 7. The lowest BCUT2D eigenvalue weighted by atomic mass is 9.96. The van der Waals surface area contributed by atoms with Gasteiger partial charge in [0.05, 0.1) is 17.0 Å². The van der Waals surface area contributed by atoms with E-state index in [1.165, 1.54) is 57.6 Å². The molecule has 0 spiro atoms. The Hall–Kier alpha value is -2.62. The Morgan fingerprint density at radius 3 is 2.37 bits per heavy atom. The van der Waals surface area contributed by atoms with Crippen LogP contribution in [0.15, 0.2) is 47.4 Å². The maximum Gasteiger partial charge on any atom is 0.247 e. The number of methoxy groups -OCH3 is 1. The van der Waals surface area contributed by atoms with E-state index in [-0.39, 0.29) is 39.8 Å². The average molecular weight is 522 g/mol. The normalized spacial score (nSPS) is 22.1. The van der Waals surface area contributed by atoms with Gasteiger partial charge < -0.3 is 15.0 Å². The van der Waals surface area contributed by atoms with Crippen molar-refractivity contribution in [2.45, 2.75) is 48.7 Å². The summed E-state index contributed by atoms with van der Waals surface area (Å²) in [5.74, 6) is -0.105. The van der Waals surface area contributed by atoms with Crippen LogP contribution in [0.2, 0.25) is 5.02 Å². The molecule has 2 fully saturated rings. The molecule has 0 radical (unpaired) electrons. The van der Waals surface area contributed by atoms with Crippen molar-refractivity contribution in [3.8, 4) is 5.75 Å². The van der Waals surface area contributed by atoms with Gasteiger partial charge in [-0.15, -0.1) is 0 Å². The molecule has 0 unspecified atom stereocenters. The van der Waals surface area contributed by atoms with Crippen molar-refractivity contribution >= 4 is 39.3 Å². The Morgan fingerprint density at radius 2 is 1.80 bits per heavy atom. The van der Waals surface area contributed by atoms with Gasteiger partial charge in [0.1, 0.15) is 11.6 Å². The van der Waals surface area contributed by atoms with Crippen molar-refractivity contribution in [3.05, 3.63) is 58.9 Å². The molecule has 0 aromatic heterocycles. The van der Waals surface area contributed by atoms with Gasteiger partial charge in [-0.25, -0.2) is 17.1 Å². The minimum Gasteiger partial charge on any atom is -0.495 e. The van der Waals surface area contributed by atoms with Gasteiger partial charge in [-0.2, -0.15) is 0 Å². The Balaban J connectivity index is 1.52. The monoisotopic (exact) mass is 521 g/mol. The molecular weight excluding hydrogens is 493 g/mol. The Labute approximate surface area is 210 Å². The number of fused-ring (bicyclic) bond motifs is 2. The maximum atomic E-state index is 13.2. The molecule has 4 rings (SSSR count). The standard InChI is InChI=1S/C25H29ClFN3O4S/c1-29(2)35(32,33)24-15-22(26)23(34-3)12-16(24)4-11-25(31)30-20-9-10-21(30)14-19(13-20)28-18-7-5-17(27)6-8-18/h4-8,11-12,15,19-21,28H,9-10,13-14H2,1-3H3/t19-,20+,21-. The highest BCUT2D eigenvalue weighted by atomic mass is 35.5. The third-order valence-corrected chi connectivity index (χ3v) is 8.82. The van der Waals surface area contributed by atoms with Gasteiger partial charge in [0.25, 0.3) is 0 Å². The number of nitrogens with zero attached hydrogens (tertiary/aromatic N) is 2. The second-order valence-electron chi connectivity index (χ2n) is 9.10. The fourth-order valence-corrected chi connectivity index (χ4v) is 6.33. The smallest absolute Gasteiger partial charge is 0.247 e. The summed E-state index contributed by atoms with van der Waals surface area (Å²) in [6, 6.07) is 9.54. The van der Waals surface area contributed by atoms with Gasteiger partial charge in [-0.3, -0.25) is 4.79 Å². The number of benzene rings is 2. The highest BCUT2D eigenvalue weighted by Gasteiger charge is 2.42. The van der Waals surface area contributed by atoms with E-state index in [1.54, 1.807) is 12.1 Å². The molecule has 1 N–H and O–H groups in total. The zero-order chi connectivity index (χ0) is 25.3. The molecule has 2 aliphatic heterocycles. The molecule has 188 valence electrons. The summed E-state index contributed by atoms with van der Waals surface area (Å²) < 4.78 is 45.2. The van der Waals surface area contributed by atoms with Gasteiger partial charge in [0, 0.05) is 44.0 Å². The molecule has 1 amide bonds. The number of nitrogens with one attached hydrogen (secondary N) is 1. The van der Waals surface area contributed by atoms with Crippen LogP contribution in [0.4, 0.5) is 10.1 Å². The number of anilines is 1. The van der Waals surface area contributed by atoms with Gasteiger partial charge in [-0.1, -0.05) is 11.6 Å². The zero-order valence-electron chi connectivity index (χ0n) is 19.9. The lowest BCUT2D eigenvalue weighted by Crippen LogP contribution is -2.49. The SMILES string of the molecule is COc1cc(C=CC(=O)N2[C@@H]3CC[C@H]2C[C@@H](Nc2ccc(F)cc2)C3)c(S(=O)(=O)N(C)C)cc1Cl. The third-order valence-electron chi connectivity index (χ3n) is 6.65. The van der Waals surface area contributed by atoms with Gasteiger partial charge in [-0.05, 0) is 73.7 Å². The minimum absolute atomic E-state index is 0.00234. The maximum absolute atomic E-state index is 13.2. The summed E-state index contributed by atoms with van der Waals surface area (Å²) in [7, 11) is 0.532. The van der Waals surface area contributed by atoms with Crippen LogP contribution < -0.4 is 10.1 Å². The van der Waals surface area contributed by atoms with E-state index in [0.29, 0.717) is 11.3 Å². The number of hydrogen-bond donors (Lipinski definition) is 1. The summed E-state index contributed by atoms with van der Waals surface area (Å²) in [4.78, 5) is 15.1. The first kappa shape index (κ1) is 25.5. The van der Waals surface area contributed by atoms with Crippen LogP contribution in [0, 0.1) is 5.82 Å². The topological polar surface area (TPSA) is 79.0 Å². The van der Waals surface area contributed by atoms with Gasteiger partial charge in [0.2, 0.25) is 15.9 Å². The van der Waals surface area contributed by atoms with Crippen molar-refractivity contribution in [2.75, 3.05) is 26.5 Å². The molecule has 2 aliphatic rings.